The van der Waals surface area contributed by atoms with Crippen molar-refractivity contribution in [3.05, 3.63) is 68.9 Å². The minimum atomic E-state index is -0.961. The Labute approximate surface area is 135 Å². The van der Waals surface area contributed by atoms with E-state index in [1.807, 2.05) is 24.3 Å². The zero-order valence-corrected chi connectivity index (χ0v) is 13.4. The van der Waals surface area contributed by atoms with E-state index in [9.17, 15) is 14.3 Å². The van der Waals surface area contributed by atoms with Crippen LogP contribution in [0.4, 0.5) is 4.39 Å². The van der Waals surface area contributed by atoms with Crippen LogP contribution in [0.3, 0.4) is 0 Å². The summed E-state index contributed by atoms with van der Waals surface area (Å²) in [5.74, 6) is -2.15. The van der Waals surface area contributed by atoms with Crippen LogP contribution in [0.25, 0.3) is 0 Å². The Hall–Kier alpha value is -1.39. The molecular formula is C16H13BrClFO2. The lowest BCUT2D eigenvalue weighted by atomic mass is 9.92. The number of carbonyl (C=O) groups is 1. The summed E-state index contributed by atoms with van der Waals surface area (Å²) in [6.45, 7) is 0. The molecule has 1 atom stereocenters. The second-order valence-electron chi connectivity index (χ2n) is 4.77. The van der Waals surface area contributed by atoms with Crippen LogP contribution in [0.5, 0.6) is 0 Å². The average Bonchev–Trinajstić information content (AvgIpc) is 2.43. The summed E-state index contributed by atoms with van der Waals surface area (Å²) in [5, 5.41) is 9.62. The Morgan fingerprint density at radius 2 is 1.86 bits per heavy atom. The minimum absolute atomic E-state index is 0.0664. The molecule has 0 fully saturated rings. The molecule has 0 saturated heterocycles. The van der Waals surface area contributed by atoms with Crippen LogP contribution in [0.2, 0.25) is 5.02 Å². The van der Waals surface area contributed by atoms with E-state index in [0.29, 0.717) is 6.42 Å². The number of carboxylic acids is 1. The molecule has 0 bridgehead atoms. The maximum atomic E-state index is 13.8. The second kappa shape index (κ2) is 7.05. The molecule has 1 N–H and O–H groups in total. The Morgan fingerprint density at radius 3 is 2.43 bits per heavy atom. The van der Waals surface area contributed by atoms with Gasteiger partial charge in [0.25, 0.3) is 0 Å². The molecule has 1 unspecified atom stereocenters. The molecule has 2 nitrogen and oxygen atoms in total. The van der Waals surface area contributed by atoms with E-state index in [1.54, 1.807) is 6.07 Å². The van der Waals surface area contributed by atoms with Crippen molar-refractivity contribution < 1.29 is 14.3 Å². The van der Waals surface area contributed by atoms with Gasteiger partial charge < -0.3 is 5.11 Å². The van der Waals surface area contributed by atoms with Crippen LogP contribution >= 0.6 is 27.5 Å². The van der Waals surface area contributed by atoms with Gasteiger partial charge in [0.05, 0.1) is 5.92 Å². The first kappa shape index (κ1) is 16.0. The quantitative estimate of drug-likeness (QED) is 0.825. The van der Waals surface area contributed by atoms with Gasteiger partial charge in [0, 0.05) is 15.1 Å². The lowest BCUT2D eigenvalue weighted by molar-refractivity contribution is -0.141. The van der Waals surface area contributed by atoms with E-state index in [4.69, 9.17) is 11.6 Å². The SMILES string of the molecule is O=C(O)C(Cc1ccc(Br)cc1)Cc1c(F)cccc1Cl. The molecule has 21 heavy (non-hydrogen) atoms. The number of halogens is 3. The highest BCUT2D eigenvalue weighted by molar-refractivity contribution is 9.10. The molecule has 0 aromatic heterocycles. The first-order valence-corrected chi connectivity index (χ1v) is 7.54. The normalized spacial score (nSPS) is 12.1. The maximum absolute atomic E-state index is 13.8. The molecule has 0 aliphatic carbocycles. The standard InChI is InChI=1S/C16H13BrClFO2/c17-12-6-4-10(5-7-12)8-11(16(20)21)9-13-14(18)2-1-3-15(13)19/h1-7,11H,8-9H2,(H,20,21). The molecule has 5 heteroatoms. The molecule has 110 valence electrons. The van der Waals surface area contributed by atoms with E-state index in [1.165, 1.54) is 12.1 Å². The summed E-state index contributed by atoms with van der Waals surface area (Å²) in [6, 6.07) is 11.8. The van der Waals surface area contributed by atoms with Crippen molar-refractivity contribution in [2.45, 2.75) is 12.8 Å². The maximum Gasteiger partial charge on any atom is 0.307 e. The zero-order valence-electron chi connectivity index (χ0n) is 11.0. The number of rotatable bonds is 5. The highest BCUT2D eigenvalue weighted by Gasteiger charge is 2.21. The van der Waals surface area contributed by atoms with Crippen LogP contribution < -0.4 is 0 Å². The van der Waals surface area contributed by atoms with E-state index in [2.05, 4.69) is 15.9 Å². The van der Waals surface area contributed by atoms with Gasteiger partial charge in [-0.15, -0.1) is 0 Å². The Morgan fingerprint density at radius 1 is 1.19 bits per heavy atom. The van der Waals surface area contributed by atoms with Gasteiger partial charge in [-0.25, -0.2) is 4.39 Å². The first-order valence-electron chi connectivity index (χ1n) is 6.37. The molecule has 0 radical (unpaired) electrons. The van der Waals surface area contributed by atoms with E-state index in [-0.39, 0.29) is 17.0 Å². The predicted molar refractivity (Wildman–Crippen MR) is 84.1 cm³/mol. The van der Waals surface area contributed by atoms with Gasteiger partial charge in [-0.3, -0.25) is 4.79 Å². The fourth-order valence-corrected chi connectivity index (χ4v) is 2.63. The van der Waals surface area contributed by atoms with Crippen molar-refractivity contribution in [2.24, 2.45) is 5.92 Å². The summed E-state index contributed by atoms with van der Waals surface area (Å²) in [6.07, 6.45) is 0.393. The molecular weight excluding hydrogens is 359 g/mol. The number of hydrogen-bond acceptors (Lipinski definition) is 1. The zero-order chi connectivity index (χ0) is 15.4. The largest absolute Gasteiger partial charge is 0.481 e. The molecule has 2 aromatic rings. The van der Waals surface area contributed by atoms with Gasteiger partial charge in [-0.1, -0.05) is 45.7 Å². The van der Waals surface area contributed by atoms with Gasteiger partial charge >= 0.3 is 5.97 Å². The van der Waals surface area contributed by atoms with Crippen molar-refractivity contribution in [3.8, 4) is 0 Å². The highest BCUT2D eigenvalue weighted by atomic mass is 79.9. The number of benzene rings is 2. The van der Waals surface area contributed by atoms with E-state index >= 15 is 0 Å². The van der Waals surface area contributed by atoms with Gasteiger partial charge in [0.15, 0.2) is 0 Å². The van der Waals surface area contributed by atoms with Gasteiger partial charge in [-0.2, -0.15) is 0 Å². The number of carboxylic acid groups (broad SMARTS) is 1. The Balaban J connectivity index is 2.20. The Kier molecular flexibility index (Phi) is 5.37. The fraction of sp³-hybridized carbons (Fsp3) is 0.188. The smallest absolute Gasteiger partial charge is 0.307 e. The summed E-state index contributed by atoms with van der Waals surface area (Å²) in [7, 11) is 0. The van der Waals surface area contributed by atoms with Crippen molar-refractivity contribution in [1.29, 1.82) is 0 Å². The fourth-order valence-electron chi connectivity index (χ4n) is 2.13. The second-order valence-corrected chi connectivity index (χ2v) is 6.09. The first-order chi connectivity index (χ1) is 9.97. The summed E-state index contributed by atoms with van der Waals surface area (Å²) < 4.78 is 14.7. The highest BCUT2D eigenvalue weighted by Crippen LogP contribution is 2.24. The third kappa shape index (κ3) is 4.29. The van der Waals surface area contributed by atoms with Crippen LogP contribution in [0, 0.1) is 11.7 Å². The lowest BCUT2D eigenvalue weighted by Gasteiger charge is -2.14. The van der Waals surface area contributed by atoms with Gasteiger partial charge in [0.1, 0.15) is 5.82 Å². The molecule has 0 aliphatic heterocycles. The van der Waals surface area contributed by atoms with Crippen LogP contribution in [-0.2, 0) is 17.6 Å². The van der Waals surface area contributed by atoms with Crippen molar-refractivity contribution >= 4 is 33.5 Å². The third-order valence-corrected chi connectivity index (χ3v) is 4.14. The topological polar surface area (TPSA) is 37.3 Å². The van der Waals surface area contributed by atoms with E-state index in [0.717, 1.165) is 10.0 Å². The van der Waals surface area contributed by atoms with Crippen LogP contribution in [0.15, 0.2) is 46.9 Å². The van der Waals surface area contributed by atoms with Crippen molar-refractivity contribution in [2.75, 3.05) is 0 Å². The molecule has 2 rings (SSSR count). The van der Waals surface area contributed by atoms with Crippen molar-refractivity contribution in [3.63, 3.8) is 0 Å². The summed E-state index contributed by atoms with van der Waals surface area (Å²) in [5.41, 5.74) is 1.14. The molecule has 0 saturated carbocycles. The summed E-state index contributed by atoms with van der Waals surface area (Å²) >= 11 is 9.29. The lowest BCUT2D eigenvalue weighted by Crippen LogP contribution is -2.20. The molecule has 0 spiro atoms. The van der Waals surface area contributed by atoms with Crippen LogP contribution in [-0.4, -0.2) is 11.1 Å². The predicted octanol–water partition coefficient (Wildman–Crippen LogP) is 4.73. The van der Waals surface area contributed by atoms with E-state index < -0.39 is 17.7 Å². The molecule has 0 aliphatic rings. The van der Waals surface area contributed by atoms with Gasteiger partial charge in [-0.05, 0) is 42.7 Å². The van der Waals surface area contributed by atoms with Crippen LogP contribution in [0.1, 0.15) is 11.1 Å². The van der Waals surface area contributed by atoms with Crippen molar-refractivity contribution in [1.82, 2.24) is 0 Å². The number of aliphatic carboxylic acids is 1. The third-order valence-electron chi connectivity index (χ3n) is 3.26. The van der Waals surface area contributed by atoms with Gasteiger partial charge in [0.2, 0.25) is 0 Å². The summed E-state index contributed by atoms with van der Waals surface area (Å²) in [4.78, 5) is 11.4. The minimum Gasteiger partial charge on any atom is -0.481 e. The Bertz CT molecular complexity index is 623. The molecule has 0 amide bonds. The molecule has 0 heterocycles. The number of hydrogen-bond donors (Lipinski definition) is 1. The molecule has 2 aromatic carbocycles. The monoisotopic (exact) mass is 370 g/mol. The average molecular weight is 372 g/mol.